The average molecular weight is 252 g/mol. The number of allylic oxidation sites excluding steroid dienone is 1. The molecule has 3 heteroatoms. The number of rotatable bonds is 8. The van der Waals surface area contributed by atoms with Crippen LogP contribution in [-0.4, -0.2) is 36.5 Å². The normalized spacial score (nSPS) is 17.5. The number of unbranched alkanes of at least 4 members (excludes halogenated alkanes) is 3. The first-order chi connectivity index (χ1) is 8.75. The van der Waals surface area contributed by atoms with Gasteiger partial charge in [0, 0.05) is 13.1 Å². The highest BCUT2D eigenvalue weighted by molar-refractivity contribution is 5.81. The molecule has 1 heterocycles. The Balaban J connectivity index is 2.09. The van der Waals surface area contributed by atoms with E-state index in [0.29, 0.717) is 0 Å². The maximum Gasteiger partial charge on any atom is 0.239 e. The highest BCUT2D eigenvalue weighted by atomic mass is 16.2. The molecule has 1 amide bonds. The lowest BCUT2D eigenvalue weighted by atomic mass is 10.1. The SMILES string of the molecule is C=CCCCCCNC(C)C(=O)N1CCCCC1. The summed E-state index contributed by atoms with van der Waals surface area (Å²) in [5, 5.41) is 3.34. The van der Waals surface area contributed by atoms with Gasteiger partial charge < -0.3 is 10.2 Å². The number of carbonyl (C=O) groups excluding carboxylic acids is 1. The van der Waals surface area contributed by atoms with E-state index >= 15 is 0 Å². The van der Waals surface area contributed by atoms with Gasteiger partial charge in [-0.2, -0.15) is 0 Å². The lowest BCUT2D eigenvalue weighted by Gasteiger charge is -2.29. The van der Waals surface area contributed by atoms with Gasteiger partial charge in [0.2, 0.25) is 5.91 Å². The first-order valence-electron chi connectivity index (χ1n) is 7.38. The van der Waals surface area contributed by atoms with Crippen LogP contribution in [0.25, 0.3) is 0 Å². The average Bonchev–Trinajstić information content (AvgIpc) is 2.42. The van der Waals surface area contributed by atoms with Gasteiger partial charge in [-0.1, -0.05) is 12.5 Å². The van der Waals surface area contributed by atoms with E-state index in [1.807, 2.05) is 17.9 Å². The van der Waals surface area contributed by atoms with Gasteiger partial charge in [-0.25, -0.2) is 0 Å². The molecule has 1 fully saturated rings. The van der Waals surface area contributed by atoms with E-state index in [2.05, 4.69) is 11.9 Å². The molecular weight excluding hydrogens is 224 g/mol. The van der Waals surface area contributed by atoms with Crippen molar-refractivity contribution in [1.82, 2.24) is 10.2 Å². The van der Waals surface area contributed by atoms with Crippen LogP contribution in [0, 0.1) is 0 Å². The van der Waals surface area contributed by atoms with Crippen LogP contribution in [0.5, 0.6) is 0 Å². The molecule has 1 atom stereocenters. The Morgan fingerprint density at radius 2 is 2.00 bits per heavy atom. The first-order valence-corrected chi connectivity index (χ1v) is 7.38. The van der Waals surface area contributed by atoms with Crippen LogP contribution in [0.3, 0.4) is 0 Å². The Morgan fingerprint density at radius 3 is 2.67 bits per heavy atom. The summed E-state index contributed by atoms with van der Waals surface area (Å²) >= 11 is 0. The number of nitrogens with zero attached hydrogens (tertiary/aromatic N) is 1. The summed E-state index contributed by atoms with van der Waals surface area (Å²) in [5.41, 5.74) is 0. The van der Waals surface area contributed by atoms with Crippen LogP contribution in [-0.2, 0) is 4.79 Å². The predicted octanol–water partition coefficient (Wildman–Crippen LogP) is 2.72. The molecule has 0 aromatic heterocycles. The fourth-order valence-electron chi connectivity index (χ4n) is 2.38. The fraction of sp³-hybridized carbons (Fsp3) is 0.800. The summed E-state index contributed by atoms with van der Waals surface area (Å²) < 4.78 is 0. The third-order valence-electron chi connectivity index (χ3n) is 3.57. The molecule has 1 saturated heterocycles. The second kappa shape index (κ2) is 9.15. The van der Waals surface area contributed by atoms with Crippen molar-refractivity contribution in [3.8, 4) is 0 Å². The minimum absolute atomic E-state index is 0.0255. The van der Waals surface area contributed by atoms with Crippen LogP contribution in [0.4, 0.5) is 0 Å². The molecule has 18 heavy (non-hydrogen) atoms. The van der Waals surface area contributed by atoms with Gasteiger partial charge in [-0.15, -0.1) is 6.58 Å². The van der Waals surface area contributed by atoms with Crippen molar-refractivity contribution in [2.45, 2.75) is 57.9 Å². The third kappa shape index (κ3) is 5.67. The van der Waals surface area contributed by atoms with E-state index in [-0.39, 0.29) is 11.9 Å². The van der Waals surface area contributed by atoms with Crippen LogP contribution in [0.15, 0.2) is 12.7 Å². The van der Waals surface area contributed by atoms with Gasteiger partial charge in [-0.3, -0.25) is 4.79 Å². The summed E-state index contributed by atoms with van der Waals surface area (Å²) in [5.74, 6) is 0.279. The summed E-state index contributed by atoms with van der Waals surface area (Å²) in [7, 11) is 0. The smallest absolute Gasteiger partial charge is 0.239 e. The number of likely N-dealkylation sites (tertiary alicyclic amines) is 1. The van der Waals surface area contributed by atoms with Crippen LogP contribution < -0.4 is 5.32 Å². The zero-order valence-electron chi connectivity index (χ0n) is 11.8. The Labute approximate surface area is 112 Å². The van der Waals surface area contributed by atoms with E-state index < -0.39 is 0 Å². The van der Waals surface area contributed by atoms with Gasteiger partial charge in [0.05, 0.1) is 6.04 Å². The summed E-state index contributed by atoms with van der Waals surface area (Å²) in [4.78, 5) is 14.1. The molecule has 1 aliphatic heterocycles. The number of hydrogen-bond donors (Lipinski definition) is 1. The van der Waals surface area contributed by atoms with Crippen molar-refractivity contribution >= 4 is 5.91 Å². The molecule has 0 aromatic rings. The molecule has 104 valence electrons. The Bertz CT molecular complexity index is 247. The van der Waals surface area contributed by atoms with Crippen molar-refractivity contribution in [3.63, 3.8) is 0 Å². The molecular formula is C15H28N2O. The topological polar surface area (TPSA) is 32.3 Å². The summed E-state index contributed by atoms with van der Waals surface area (Å²) in [6, 6.07) is -0.0255. The number of piperidine rings is 1. The standard InChI is InChI=1S/C15H28N2O/c1-3-4-5-6-8-11-16-14(2)15(18)17-12-9-7-10-13-17/h3,14,16H,1,4-13H2,2H3. The molecule has 3 nitrogen and oxygen atoms in total. The lowest BCUT2D eigenvalue weighted by Crippen LogP contribution is -2.47. The lowest BCUT2D eigenvalue weighted by molar-refractivity contribution is -0.133. The first kappa shape index (κ1) is 15.2. The molecule has 0 bridgehead atoms. The maximum atomic E-state index is 12.1. The van der Waals surface area contributed by atoms with Crippen LogP contribution in [0.1, 0.15) is 51.9 Å². The molecule has 0 aliphatic carbocycles. The van der Waals surface area contributed by atoms with Crippen molar-refractivity contribution in [2.24, 2.45) is 0 Å². The maximum absolute atomic E-state index is 12.1. The molecule has 1 aliphatic rings. The van der Waals surface area contributed by atoms with Gasteiger partial charge in [-0.05, 0) is 52.0 Å². The van der Waals surface area contributed by atoms with Crippen molar-refractivity contribution < 1.29 is 4.79 Å². The van der Waals surface area contributed by atoms with E-state index in [1.165, 1.54) is 32.1 Å². The zero-order chi connectivity index (χ0) is 13.2. The third-order valence-corrected chi connectivity index (χ3v) is 3.57. The molecule has 1 unspecified atom stereocenters. The highest BCUT2D eigenvalue weighted by Gasteiger charge is 2.21. The highest BCUT2D eigenvalue weighted by Crippen LogP contribution is 2.10. The number of carbonyl (C=O) groups is 1. The molecule has 0 saturated carbocycles. The second-order valence-electron chi connectivity index (χ2n) is 5.20. The van der Waals surface area contributed by atoms with Crippen molar-refractivity contribution in [1.29, 1.82) is 0 Å². The Kier molecular flexibility index (Phi) is 7.74. The molecule has 1 rings (SSSR count). The minimum atomic E-state index is -0.0255. The summed E-state index contributed by atoms with van der Waals surface area (Å²) in [6.45, 7) is 8.54. The number of nitrogens with one attached hydrogen (secondary N) is 1. The number of hydrogen-bond acceptors (Lipinski definition) is 2. The van der Waals surface area contributed by atoms with Crippen LogP contribution >= 0.6 is 0 Å². The zero-order valence-corrected chi connectivity index (χ0v) is 11.8. The van der Waals surface area contributed by atoms with Gasteiger partial charge in [0.1, 0.15) is 0 Å². The molecule has 0 spiro atoms. The van der Waals surface area contributed by atoms with E-state index in [4.69, 9.17) is 0 Å². The second-order valence-corrected chi connectivity index (χ2v) is 5.20. The quantitative estimate of drug-likeness (QED) is 0.532. The fourth-order valence-corrected chi connectivity index (χ4v) is 2.38. The molecule has 0 radical (unpaired) electrons. The Morgan fingerprint density at radius 1 is 1.28 bits per heavy atom. The summed E-state index contributed by atoms with van der Waals surface area (Å²) in [6.07, 6.45) is 10.2. The minimum Gasteiger partial charge on any atom is -0.341 e. The Hall–Kier alpha value is -0.830. The van der Waals surface area contributed by atoms with Gasteiger partial charge in [0.25, 0.3) is 0 Å². The van der Waals surface area contributed by atoms with E-state index in [1.54, 1.807) is 0 Å². The molecule has 1 N–H and O–H groups in total. The van der Waals surface area contributed by atoms with Crippen molar-refractivity contribution in [2.75, 3.05) is 19.6 Å². The van der Waals surface area contributed by atoms with E-state index in [0.717, 1.165) is 32.5 Å². The van der Waals surface area contributed by atoms with Crippen LogP contribution in [0.2, 0.25) is 0 Å². The van der Waals surface area contributed by atoms with E-state index in [9.17, 15) is 4.79 Å². The number of amides is 1. The predicted molar refractivity (Wildman–Crippen MR) is 76.6 cm³/mol. The monoisotopic (exact) mass is 252 g/mol. The van der Waals surface area contributed by atoms with Gasteiger partial charge >= 0.3 is 0 Å². The van der Waals surface area contributed by atoms with Crippen molar-refractivity contribution in [3.05, 3.63) is 12.7 Å². The molecule has 0 aromatic carbocycles. The largest absolute Gasteiger partial charge is 0.341 e. The van der Waals surface area contributed by atoms with Gasteiger partial charge in [0.15, 0.2) is 0 Å².